The van der Waals surface area contributed by atoms with Gasteiger partial charge >= 0.3 is 0 Å². The Hall–Kier alpha value is 1.14. The minimum absolute atomic E-state index is 0.0321. The Bertz CT molecular complexity index is 1290. The predicted molar refractivity (Wildman–Crippen MR) is 160 cm³/mol. The Morgan fingerprint density at radius 3 is 1.28 bits per heavy atom. The first-order valence-electron chi connectivity index (χ1n) is 10.00. The lowest BCUT2D eigenvalue weighted by Gasteiger charge is -2.67. The summed E-state index contributed by atoms with van der Waals surface area (Å²) in [6.07, 6.45) is 0. The normalized spacial score (nSPS) is 30.7. The van der Waals surface area contributed by atoms with Crippen molar-refractivity contribution in [1.82, 2.24) is 0 Å². The molecule has 0 saturated heterocycles. The van der Waals surface area contributed by atoms with Crippen LogP contribution in [-0.4, -0.2) is 13.0 Å². The molecule has 0 heterocycles. The van der Waals surface area contributed by atoms with Crippen LogP contribution in [0.1, 0.15) is 16.7 Å². The molecule has 3 aromatic carbocycles. The molecule has 0 aromatic heterocycles. The molecule has 0 bridgehead atoms. The van der Waals surface area contributed by atoms with Crippen LogP contribution in [0.2, 0.25) is 15.1 Å². The topological polar surface area (TPSA) is 0 Å². The molecule has 1 fully saturated rings. The molecule has 1 aliphatic carbocycles. The molecule has 192 valence electrons. The fraction of sp³-hybridized carbons (Fsp3) is 0.250. The van der Waals surface area contributed by atoms with E-state index in [2.05, 4.69) is 0 Å². The van der Waals surface area contributed by atoms with Crippen molar-refractivity contribution in [1.29, 1.82) is 0 Å². The minimum Gasteiger partial charge on any atom is -0.109 e. The van der Waals surface area contributed by atoms with Gasteiger partial charge in [-0.05, 0) is 22.8 Å². The molecule has 3 unspecified atom stereocenters. The third-order valence-electron chi connectivity index (χ3n) is 6.35. The molecule has 3 atom stereocenters. The van der Waals surface area contributed by atoms with Crippen molar-refractivity contribution in [3.8, 4) is 0 Å². The van der Waals surface area contributed by atoms with Crippen molar-refractivity contribution in [2.75, 3.05) is 0 Å². The highest BCUT2D eigenvalue weighted by atomic mass is 35.6. The third kappa shape index (κ3) is 3.64. The highest BCUT2D eigenvalue weighted by Gasteiger charge is 2.89. The van der Waals surface area contributed by atoms with Crippen LogP contribution in [0.5, 0.6) is 0 Å². The van der Waals surface area contributed by atoms with Gasteiger partial charge in [-0.3, -0.25) is 0 Å². The zero-order chi connectivity index (χ0) is 26.9. The van der Waals surface area contributed by atoms with Crippen molar-refractivity contribution < 1.29 is 0 Å². The van der Waals surface area contributed by atoms with Crippen LogP contribution in [0.25, 0.3) is 0 Å². The quantitative estimate of drug-likeness (QED) is 0.186. The number of hydrogen-bond donors (Lipinski definition) is 0. The van der Waals surface area contributed by atoms with Gasteiger partial charge in [0.05, 0.1) is 15.1 Å². The van der Waals surface area contributed by atoms with Gasteiger partial charge in [0.1, 0.15) is 14.6 Å². The summed E-state index contributed by atoms with van der Waals surface area (Å²) in [5, 5.41) is 0.0114. The van der Waals surface area contributed by atoms with Gasteiger partial charge in [0.2, 0.25) is 0 Å². The molecular weight excluding hydrogens is 714 g/mol. The maximum absolute atomic E-state index is 7.69. The maximum Gasteiger partial charge on any atom is 0.187 e. The lowest BCUT2D eigenvalue weighted by molar-refractivity contribution is 0.192. The van der Waals surface area contributed by atoms with E-state index in [1.165, 1.54) is 12.1 Å². The van der Waals surface area contributed by atoms with Crippen LogP contribution >= 0.6 is 139 Å². The zero-order valence-corrected chi connectivity index (χ0v) is 26.5. The molecule has 36 heavy (non-hydrogen) atoms. The van der Waals surface area contributed by atoms with Crippen molar-refractivity contribution >= 4 is 139 Å². The fourth-order valence-electron chi connectivity index (χ4n) is 4.56. The zero-order valence-electron chi connectivity index (χ0n) is 17.5. The van der Waals surface area contributed by atoms with Gasteiger partial charge < -0.3 is 0 Å². The molecule has 0 spiro atoms. The summed E-state index contributed by atoms with van der Waals surface area (Å²) in [5.41, 5.74) is 0.702. The predicted octanol–water partition coefficient (Wildman–Crippen LogP) is 11.9. The van der Waals surface area contributed by atoms with Crippen molar-refractivity contribution in [3.05, 3.63) is 105 Å². The molecule has 0 radical (unpaired) electrons. The SMILES string of the molecule is Clc1ccc(C2(Cl)C(Cl)(Cl)C(Cl)(Cl)C(Cl)(Cl)C(Cl)(c3ccccc3)C2(Cl)c2ccccc2)c(Cl)c1Cl. The third-order valence-corrected chi connectivity index (χ3v) is 14.7. The van der Waals surface area contributed by atoms with E-state index in [-0.39, 0.29) is 20.6 Å². The summed E-state index contributed by atoms with van der Waals surface area (Å²) < 4.78 is -7.29. The molecule has 1 saturated carbocycles. The van der Waals surface area contributed by atoms with Crippen molar-refractivity contribution in [3.63, 3.8) is 0 Å². The van der Waals surface area contributed by atoms with E-state index in [4.69, 9.17) is 139 Å². The second-order valence-electron chi connectivity index (χ2n) is 8.15. The first-order chi connectivity index (χ1) is 16.5. The molecule has 0 aliphatic heterocycles. The Balaban J connectivity index is 2.30. The van der Waals surface area contributed by atoms with Gasteiger partial charge in [-0.1, -0.05) is 171 Å². The second kappa shape index (κ2) is 9.90. The van der Waals surface area contributed by atoms with E-state index in [1.54, 1.807) is 60.7 Å². The maximum atomic E-state index is 7.69. The molecule has 0 nitrogen and oxygen atoms in total. The highest BCUT2D eigenvalue weighted by Crippen LogP contribution is 2.82. The number of alkyl halides is 9. The van der Waals surface area contributed by atoms with Gasteiger partial charge in [0.15, 0.2) is 13.0 Å². The van der Waals surface area contributed by atoms with Crippen LogP contribution < -0.4 is 0 Å². The summed E-state index contributed by atoms with van der Waals surface area (Å²) in [7, 11) is 0. The Labute approximate surface area is 268 Å². The smallest absolute Gasteiger partial charge is 0.109 e. The van der Waals surface area contributed by atoms with E-state index < -0.39 is 27.6 Å². The first kappa shape index (κ1) is 30.1. The summed E-state index contributed by atoms with van der Waals surface area (Å²) in [4.78, 5) is -6.43. The van der Waals surface area contributed by atoms with Crippen molar-refractivity contribution in [2.24, 2.45) is 0 Å². The summed E-state index contributed by atoms with van der Waals surface area (Å²) in [5.74, 6) is 0. The molecule has 1 aliphatic rings. The van der Waals surface area contributed by atoms with Crippen LogP contribution in [0.15, 0.2) is 72.8 Å². The van der Waals surface area contributed by atoms with Crippen LogP contribution in [-0.2, 0) is 14.6 Å². The lowest BCUT2D eigenvalue weighted by atomic mass is 9.61. The lowest BCUT2D eigenvalue weighted by Crippen LogP contribution is -2.79. The Morgan fingerprint density at radius 2 is 0.806 bits per heavy atom. The fourth-order valence-corrected chi connectivity index (χ4v) is 9.73. The average Bonchev–Trinajstić information content (AvgIpc) is 2.85. The number of halogens is 12. The van der Waals surface area contributed by atoms with Crippen LogP contribution in [0, 0.1) is 0 Å². The molecule has 4 rings (SSSR count). The summed E-state index contributed by atoms with van der Waals surface area (Å²) in [6.45, 7) is 0. The Kier molecular flexibility index (Phi) is 8.28. The van der Waals surface area contributed by atoms with E-state index in [0.717, 1.165) is 0 Å². The second-order valence-corrected chi connectivity index (χ2v) is 15.0. The average molecular weight is 726 g/mol. The summed E-state index contributed by atoms with van der Waals surface area (Å²) >= 11 is 83.9. The standard InChI is InChI=1S/C24H12Cl12/c25-16-12-11-15(17(26)18(16)27)21(30)19(28,13-7-3-1-4-8-13)20(29,14-9-5-2-6-10-14)22(31,32)24(35,36)23(21,33)34/h1-12H. The van der Waals surface area contributed by atoms with Gasteiger partial charge in [-0.25, -0.2) is 0 Å². The van der Waals surface area contributed by atoms with E-state index in [9.17, 15) is 0 Å². The number of rotatable bonds is 3. The number of benzene rings is 3. The molecule has 0 amide bonds. The van der Waals surface area contributed by atoms with Gasteiger partial charge in [-0.15, -0.1) is 34.8 Å². The minimum atomic E-state index is -2.46. The van der Waals surface area contributed by atoms with Gasteiger partial charge in [0, 0.05) is 0 Å². The molecule has 12 heteroatoms. The first-order valence-corrected chi connectivity index (χ1v) is 14.5. The van der Waals surface area contributed by atoms with E-state index in [0.29, 0.717) is 11.1 Å². The van der Waals surface area contributed by atoms with E-state index in [1.807, 2.05) is 0 Å². The Morgan fingerprint density at radius 1 is 0.389 bits per heavy atom. The molecule has 3 aromatic rings. The number of hydrogen-bond acceptors (Lipinski definition) is 0. The van der Waals surface area contributed by atoms with Gasteiger partial charge in [0.25, 0.3) is 0 Å². The largest absolute Gasteiger partial charge is 0.187 e. The monoisotopic (exact) mass is 720 g/mol. The van der Waals surface area contributed by atoms with E-state index >= 15 is 0 Å². The molecular formula is C24H12Cl12. The van der Waals surface area contributed by atoms with Crippen LogP contribution in [0.4, 0.5) is 0 Å². The van der Waals surface area contributed by atoms with Crippen LogP contribution in [0.3, 0.4) is 0 Å². The highest BCUT2D eigenvalue weighted by molar-refractivity contribution is 6.74. The van der Waals surface area contributed by atoms with Gasteiger partial charge in [-0.2, -0.15) is 0 Å². The summed E-state index contributed by atoms with van der Waals surface area (Å²) in [6, 6.07) is 19.9. The van der Waals surface area contributed by atoms with Crippen molar-refractivity contribution in [2.45, 2.75) is 27.6 Å². The molecule has 0 N–H and O–H groups in total.